The number of nitrogens with one attached hydrogen (secondary N) is 1. The molecule has 1 aliphatic heterocycles. The van der Waals surface area contributed by atoms with Crippen LogP contribution in [0.15, 0.2) is 12.3 Å². The van der Waals surface area contributed by atoms with Crippen LogP contribution < -0.4 is 11.1 Å². The summed E-state index contributed by atoms with van der Waals surface area (Å²) in [6.07, 6.45) is 6.74. The predicted molar refractivity (Wildman–Crippen MR) is 95.9 cm³/mol. The number of likely N-dealkylation sites (tertiary alicyclic amines) is 1. The fourth-order valence-electron chi connectivity index (χ4n) is 3.94. The number of nitrogens with two attached hydrogens (primary N) is 1. The van der Waals surface area contributed by atoms with Gasteiger partial charge in [0.2, 0.25) is 0 Å². The summed E-state index contributed by atoms with van der Waals surface area (Å²) >= 11 is 0. The number of carbonyl (C=O) groups is 1. The summed E-state index contributed by atoms with van der Waals surface area (Å²) < 4.78 is 0. The van der Waals surface area contributed by atoms with Crippen LogP contribution in [-0.4, -0.2) is 57.1 Å². The van der Waals surface area contributed by atoms with Crippen molar-refractivity contribution >= 4 is 17.4 Å². The van der Waals surface area contributed by atoms with Crippen LogP contribution in [0.4, 0.5) is 11.5 Å². The summed E-state index contributed by atoms with van der Waals surface area (Å²) in [5.74, 6) is -0.453. The molecule has 1 aromatic rings. The number of nitrogens with zero attached hydrogens (tertiary/aromatic N) is 3. The van der Waals surface area contributed by atoms with Crippen molar-refractivity contribution in [1.82, 2.24) is 9.88 Å². The molecule has 142 valence electrons. The van der Waals surface area contributed by atoms with E-state index in [2.05, 4.69) is 15.2 Å². The molecule has 9 heteroatoms. The monoisotopic (exact) mass is 363 g/mol. The average Bonchev–Trinajstić information content (AvgIpc) is 2.63. The van der Waals surface area contributed by atoms with Crippen LogP contribution in [0.5, 0.6) is 0 Å². The zero-order valence-electron chi connectivity index (χ0n) is 14.6. The van der Waals surface area contributed by atoms with Gasteiger partial charge in [0, 0.05) is 31.2 Å². The molecule has 9 nitrogen and oxygen atoms in total. The summed E-state index contributed by atoms with van der Waals surface area (Å²) in [5, 5.41) is 24.3. The molecular weight excluding hydrogens is 338 g/mol. The molecular formula is C17H25N5O4. The first kappa shape index (κ1) is 18.5. The Bertz CT molecular complexity index is 675. The molecule has 2 unspecified atom stereocenters. The molecule has 1 aliphatic carbocycles. The number of nitro groups is 1. The minimum atomic E-state index is -0.744. The first-order valence-corrected chi connectivity index (χ1v) is 9.08. The highest BCUT2D eigenvalue weighted by Gasteiger charge is 2.31. The summed E-state index contributed by atoms with van der Waals surface area (Å²) in [5.41, 5.74) is 5.12. The Balaban J connectivity index is 1.62. The van der Waals surface area contributed by atoms with Crippen molar-refractivity contribution in [3.8, 4) is 0 Å². The Morgan fingerprint density at radius 3 is 2.62 bits per heavy atom. The lowest BCUT2D eigenvalue weighted by Gasteiger charge is -2.41. The summed E-state index contributed by atoms with van der Waals surface area (Å²) in [4.78, 5) is 28.3. The van der Waals surface area contributed by atoms with Gasteiger partial charge in [0.1, 0.15) is 12.0 Å². The minimum Gasteiger partial charge on any atom is -0.391 e. The van der Waals surface area contributed by atoms with Crippen molar-refractivity contribution < 1.29 is 14.8 Å². The van der Waals surface area contributed by atoms with Gasteiger partial charge >= 0.3 is 0 Å². The molecule has 1 saturated carbocycles. The molecule has 2 aliphatic rings. The first-order valence-electron chi connectivity index (χ1n) is 9.08. The number of pyridine rings is 1. The number of aliphatic hydroxyl groups excluding tert-OH is 1. The van der Waals surface area contributed by atoms with Gasteiger partial charge in [0.15, 0.2) is 0 Å². The standard InChI is InChI=1S/C17H25N5O4/c18-16(24)13-9-12(22(25)26)10-19-17(13)20-11-5-7-21(8-6-11)14-3-1-2-4-15(14)23/h9-11,14-15,23H,1-8H2,(H2,18,24)(H,19,20). The first-order chi connectivity index (χ1) is 12.5. The topological polar surface area (TPSA) is 135 Å². The van der Waals surface area contributed by atoms with Crippen LogP contribution in [0.3, 0.4) is 0 Å². The normalized spacial score (nSPS) is 25.0. The van der Waals surface area contributed by atoms with E-state index < -0.39 is 10.8 Å². The number of amides is 1. The van der Waals surface area contributed by atoms with Gasteiger partial charge in [-0.25, -0.2) is 4.98 Å². The van der Waals surface area contributed by atoms with Gasteiger partial charge in [-0.2, -0.15) is 0 Å². The quantitative estimate of drug-likeness (QED) is 0.529. The number of piperidine rings is 1. The largest absolute Gasteiger partial charge is 0.391 e. The molecule has 2 heterocycles. The highest BCUT2D eigenvalue weighted by Crippen LogP contribution is 2.27. The smallest absolute Gasteiger partial charge is 0.288 e. The van der Waals surface area contributed by atoms with E-state index in [0.29, 0.717) is 5.82 Å². The van der Waals surface area contributed by atoms with Gasteiger partial charge in [-0.1, -0.05) is 12.8 Å². The van der Waals surface area contributed by atoms with Crippen molar-refractivity contribution in [3.05, 3.63) is 27.9 Å². The zero-order chi connectivity index (χ0) is 18.7. The second-order valence-corrected chi connectivity index (χ2v) is 7.08. The number of primary amides is 1. The number of carbonyl (C=O) groups excluding carboxylic acids is 1. The Kier molecular flexibility index (Phi) is 5.67. The van der Waals surface area contributed by atoms with Gasteiger partial charge in [-0.15, -0.1) is 0 Å². The highest BCUT2D eigenvalue weighted by atomic mass is 16.6. The SMILES string of the molecule is NC(=O)c1cc([N+](=O)[O-])cnc1NC1CCN(C2CCCCC2O)CC1. The lowest BCUT2D eigenvalue weighted by atomic mass is 9.89. The van der Waals surface area contributed by atoms with Crippen LogP contribution >= 0.6 is 0 Å². The third-order valence-corrected chi connectivity index (χ3v) is 5.38. The van der Waals surface area contributed by atoms with E-state index in [1.54, 1.807) is 0 Å². The van der Waals surface area contributed by atoms with Crippen molar-refractivity contribution in [2.45, 2.75) is 56.7 Å². The third kappa shape index (κ3) is 4.10. The molecule has 1 aromatic heterocycles. The Morgan fingerprint density at radius 2 is 2.00 bits per heavy atom. The second-order valence-electron chi connectivity index (χ2n) is 7.08. The minimum absolute atomic E-state index is 0.0318. The zero-order valence-corrected chi connectivity index (χ0v) is 14.6. The van der Waals surface area contributed by atoms with Crippen molar-refractivity contribution in [3.63, 3.8) is 0 Å². The van der Waals surface area contributed by atoms with Crippen molar-refractivity contribution in [2.24, 2.45) is 5.73 Å². The number of hydrogen-bond donors (Lipinski definition) is 3. The van der Waals surface area contributed by atoms with Gasteiger partial charge in [0.25, 0.3) is 11.6 Å². The van der Waals surface area contributed by atoms with Crippen molar-refractivity contribution in [1.29, 1.82) is 0 Å². The van der Waals surface area contributed by atoms with Crippen LogP contribution in [0.25, 0.3) is 0 Å². The molecule has 4 N–H and O–H groups in total. The molecule has 2 fully saturated rings. The van der Waals surface area contributed by atoms with E-state index in [1.165, 1.54) is 0 Å². The Hall–Kier alpha value is -2.26. The molecule has 2 atom stereocenters. The number of hydrogen-bond acceptors (Lipinski definition) is 7. The molecule has 1 saturated heterocycles. The molecule has 0 bridgehead atoms. The Labute approximate surface area is 151 Å². The number of anilines is 1. The lowest BCUT2D eigenvalue weighted by Crippen LogP contribution is -2.50. The van der Waals surface area contributed by atoms with Crippen LogP contribution in [0.1, 0.15) is 48.9 Å². The summed E-state index contributed by atoms with van der Waals surface area (Å²) in [7, 11) is 0. The summed E-state index contributed by atoms with van der Waals surface area (Å²) in [6, 6.07) is 1.51. The van der Waals surface area contributed by atoms with Gasteiger partial charge in [-0.05, 0) is 25.7 Å². The lowest BCUT2D eigenvalue weighted by molar-refractivity contribution is -0.385. The molecule has 1 amide bonds. The maximum absolute atomic E-state index is 11.6. The second kappa shape index (κ2) is 7.96. The average molecular weight is 363 g/mol. The van der Waals surface area contributed by atoms with Gasteiger partial charge in [0.05, 0.1) is 16.6 Å². The number of aliphatic hydroxyl groups is 1. The fourth-order valence-corrected chi connectivity index (χ4v) is 3.94. The molecule has 26 heavy (non-hydrogen) atoms. The molecule has 3 rings (SSSR count). The van der Waals surface area contributed by atoms with E-state index in [4.69, 9.17) is 5.73 Å². The molecule has 0 radical (unpaired) electrons. The van der Waals surface area contributed by atoms with E-state index in [1.807, 2.05) is 0 Å². The van der Waals surface area contributed by atoms with Crippen LogP contribution in [0, 0.1) is 10.1 Å². The van der Waals surface area contributed by atoms with Crippen LogP contribution in [-0.2, 0) is 0 Å². The third-order valence-electron chi connectivity index (χ3n) is 5.38. The van der Waals surface area contributed by atoms with Crippen LogP contribution in [0.2, 0.25) is 0 Å². The van der Waals surface area contributed by atoms with E-state index in [9.17, 15) is 20.0 Å². The molecule has 0 aromatic carbocycles. The number of rotatable bonds is 5. The maximum atomic E-state index is 11.6. The summed E-state index contributed by atoms with van der Waals surface area (Å²) in [6.45, 7) is 1.72. The van der Waals surface area contributed by atoms with E-state index in [0.717, 1.165) is 63.9 Å². The predicted octanol–water partition coefficient (Wildman–Crippen LogP) is 1.27. The molecule has 0 spiro atoms. The van der Waals surface area contributed by atoms with Crippen molar-refractivity contribution in [2.75, 3.05) is 18.4 Å². The number of aromatic nitrogens is 1. The highest BCUT2D eigenvalue weighted by molar-refractivity contribution is 5.98. The Morgan fingerprint density at radius 1 is 1.31 bits per heavy atom. The fraction of sp³-hybridized carbons (Fsp3) is 0.647. The van der Waals surface area contributed by atoms with Gasteiger partial charge in [-0.3, -0.25) is 19.8 Å². The van der Waals surface area contributed by atoms with E-state index in [-0.39, 0.29) is 29.4 Å². The van der Waals surface area contributed by atoms with Gasteiger partial charge < -0.3 is 16.2 Å². The van der Waals surface area contributed by atoms with E-state index >= 15 is 0 Å². The maximum Gasteiger partial charge on any atom is 0.288 e.